The molecule has 0 spiro atoms. The molecule has 0 aliphatic carbocycles. The lowest BCUT2D eigenvalue weighted by Crippen LogP contribution is -2.57. The lowest BCUT2D eigenvalue weighted by molar-refractivity contribution is -0.145. The number of benzene rings is 1. The van der Waals surface area contributed by atoms with Gasteiger partial charge in [0.15, 0.2) is 5.96 Å². The number of aliphatic imine (C=N–C) groups is 1. The standard InChI is InChI=1S/C27H40N8O5S/c1-41-13-10-20(33-23(36)18(28)14-16-15-32-19-7-3-2-6-17(16)19)25(38)35-12-5-9-22(35)24(37)34-21(26(39)40)8-4-11-31-27(29)30/h2-3,6-7,15,18,20-22,32H,4-5,8-14,28H2,1H3,(H,33,36)(H,34,37)(H,39,40)(H4,29,30,31). The van der Waals surface area contributed by atoms with Gasteiger partial charge in [-0.05, 0) is 62.2 Å². The molecule has 1 aliphatic heterocycles. The summed E-state index contributed by atoms with van der Waals surface area (Å²) in [4.78, 5) is 60.0. The fourth-order valence-electron chi connectivity index (χ4n) is 4.93. The number of hydrogen-bond acceptors (Lipinski definition) is 7. The number of para-hydroxylation sites is 1. The number of fused-ring (bicyclic) bond motifs is 1. The van der Waals surface area contributed by atoms with E-state index in [9.17, 15) is 24.3 Å². The van der Waals surface area contributed by atoms with Crippen LogP contribution < -0.4 is 27.8 Å². The Morgan fingerprint density at radius 3 is 2.63 bits per heavy atom. The van der Waals surface area contributed by atoms with Crippen molar-refractivity contribution in [2.24, 2.45) is 22.2 Å². The van der Waals surface area contributed by atoms with Gasteiger partial charge in [-0.2, -0.15) is 11.8 Å². The topological polar surface area (TPSA) is 222 Å². The predicted molar refractivity (Wildman–Crippen MR) is 159 cm³/mol. The average Bonchev–Trinajstić information content (AvgIpc) is 3.59. The SMILES string of the molecule is CSCCC(NC(=O)C(N)Cc1c[nH]c2ccccc12)C(=O)N1CCCC1C(=O)NC(CCCN=C(N)N)C(=O)O. The Morgan fingerprint density at radius 1 is 1.17 bits per heavy atom. The molecule has 1 aromatic carbocycles. The number of carboxylic acid groups (broad SMARTS) is 1. The molecule has 1 saturated heterocycles. The first kappa shape index (κ1) is 31.7. The molecule has 1 fully saturated rings. The van der Waals surface area contributed by atoms with Crippen LogP contribution in [0.15, 0.2) is 35.5 Å². The molecule has 0 radical (unpaired) electrons. The number of rotatable bonds is 15. The number of nitrogens with zero attached hydrogens (tertiary/aromatic N) is 2. The molecule has 2 heterocycles. The van der Waals surface area contributed by atoms with Crippen molar-refractivity contribution in [2.75, 3.05) is 25.1 Å². The Morgan fingerprint density at radius 2 is 1.93 bits per heavy atom. The molecule has 3 amide bonds. The molecule has 1 aliphatic rings. The van der Waals surface area contributed by atoms with Gasteiger partial charge in [0, 0.05) is 30.2 Å². The van der Waals surface area contributed by atoms with Gasteiger partial charge in [-0.3, -0.25) is 19.4 Å². The first-order chi connectivity index (χ1) is 19.6. The highest BCUT2D eigenvalue weighted by atomic mass is 32.2. The number of guanidine groups is 1. The Balaban J connectivity index is 1.64. The van der Waals surface area contributed by atoms with E-state index < -0.39 is 42.0 Å². The number of aromatic nitrogens is 1. The van der Waals surface area contributed by atoms with E-state index >= 15 is 0 Å². The average molecular weight is 589 g/mol. The second kappa shape index (κ2) is 15.3. The second-order valence-electron chi connectivity index (χ2n) is 10.1. The van der Waals surface area contributed by atoms with E-state index in [0.29, 0.717) is 38.0 Å². The van der Waals surface area contributed by atoms with Gasteiger partial charge in [0.25, 0.3) is 0 Å². The third-order valence-electron chi connectivity index (χ3n) is 7.08. The molecule has 10 N–H and O–H groups in total. The smallest absolute Gasteiger partial charge is 0.326 e. The maximum Gasteiger partial charge on any atom is 0.326 e. The third kappa shape index (κ3) is 8.85. The number of carboxylic acids is 1. The van der Waals surface area contributed by atoms with E-state index in [-0.39, 0.29) is 31.3 Å². The van der Waals surface area contributed by atoms with Crippen molar-refractivity contribution >= 4 is 52.3 Å². The van der Waals surface area contributed by atoms with Gasteiger partial charge in [-0.25, -0.2) is 4.79 Å². The number of H-pyrrole nitrogens is 1. The molecule has 3 rings (SSSR count). The monoisotopic (exact) mass is 588 g/mol. The maximum absolute atomic E-state index is 13.6. The zero-order valence-electron chi connectivity index (χ0n) is 23.2. The molecule has 41 heavy (non-hydrogen) atoms. The highest BCUT2D eigenvalue weighted by Gasteiger charge is 2.39. The minimum atomic E-state index is -1.19. The van der Waals surface area contributed by atoms with Crippen LogP contribution in [0, 0.1) is 0 Å². The zero-order chi connectivity index (χ0) is 29.9. The minimum absolute atomic E-state index is 0.0944. The number of carbonyl (C=O) groups is 4. The number of amides is 3. The summed E-state index contributed by atoms with van der Waals surface area (Å²) in [5.74, 6) is -2.06. The number of aromatic amines is 1. The van der Waals surface area contributed by atoms with E-state index in [1.165, 1.54) is 16.7 Å². The van der Waals surface area contributed by atoms with Crippen LogP contribution >= 0.6 is 11.8 Å². The van der Waals surface area contributed by atoms with E-state index in [4.69, 9.17) is 17.2 Å². The molecule has 0 saturated carbocycles. The quantitative estimate of drug-likeness (QED) is 0.0836. The Kier molecular flexibility index (Phi) is 11.8. The Hall–Kier alpha value is -3.78. The van der Waals surface area contributed by atoms with Crippen LogP contribution in [-0.4, -0.2) is 93.9 Å². The van der Waals surface area contributed by atoms with Gasteiger partial charge in [0.1, 0.15) is 18.1 Å². The molecular weight excluding hydrogens is 548 g/mol. The summed E-state index contributed by atoms with van der Waals surface area (Å²) < 4.78 is 0. The van der Waals surface area contributed by atoms with Gasteiger partial charge >= 0.3 is 5.97 Å². The minimum Gasteiger partial charge on any atom is -0.480 e. The molecule has 4 unspecified atom stereocenters. The highest BCUT2D eigenvalue weighted by Crippen LogP contribution is 2.21. The first-order valence-electron chi connectivity index (χ1n) is 13.6. The lowest BCUT2D eigenvalue weighted by atomic mass is 10.0. The Bertz CT molecular complexity index is 1250. The third-order valence-corrected chi connectivity index (χ3v) is 7.72. The van der Waals surface area contributed by atoms with Crippen LogP contribution in [0.5, 0.6) is 0 Å². The summed E-state index contributed by atoms with van der Waals surface area (Å²) in [6.07, 6.45) is 5.82. The molecule has 224 valence electrons. The summed E-state index contributed by atoms with van der Waals surface area (Å²) in [5.41, 5.74) is 18.7. The van der Waals surface area contributed by atoms with E-state index in [1.807, 2.05) is 36.7 Å². The highest BCUT2D eigenvalue weighted by molar-refractivity contribution is 7.98. The van der Waals surface area contributed by atoms with Gasteiger partial charge in [0.05, 0.1) is 6.04 Å². The number of hydrogen-bond donors (Lipinski definition) is 7. The predicted octanol–water partition coefficient (Wildman–Crippen LogP) is -0.110. The number of nitrogens with two attached hydrogens (primary N) is 3. The van der Waals surface area contributed by atoms with Crippen molar-refractivity contribution < 1.29 is 24.3 Å². The molecular formula is C27H40N8O5S. The summed E-state index contributed by atoms with van der Waals surface area (Å²) in [5, 5.41) is 15.9. The zero-order valence-corrected chi connectivity index (χ0v) is 24.0. The second-order valence-corrected chi connectivity index (χ2v) is 11.0. The molecule has 14 heteroatoms. The lowest BCUT2D eigenvalue weighted by Gasteiger charge is -2.30. The number of carbonyl (C=O) groups excluding carboxylic acids is 3. The number of aliphatic carboxylic acids is 1. The first-order valence-corrected chi connectivity index (χ1v) is 15.0. The van der Waals surface area contributed by atoms with Gasteiger partial charge in [-0.1, -0.05) is 18.2 Å². The van der Waals surface area contributed by atoms with E-state index in [0.717, 1.165) is 16.5 Å². The van der Waals surface area contributed by atoms with Crippen molar-refractivity contribution in [3.63, 3.8) is 0 Å². The van der Waals surface area contributed by atoms with Gasteiger partial charge in [-0.15, -0.1) is 0 Å². The normalized spacial score (nSPS) is 17.0. The van der Waals surface area contributed by atoms with Crippen molar-refractivity contribution in [1.82, 2.24) is 20.5 Å². The molecule has 4 atom stereocenters. The van der Waals surface area contributed by atoms with Crippen LogP contribution in [0.25, 0.3) is 10.9 Å². The molecule has 13 nitrogen and oxygen atoms in total. The fourth-order valence-corrected chi connectivity index (χ4v) is 5.41. The van der Waals surface area contributed by atoms with Crippen LogP contribution in [-0.2, 0) is 25.6 Å². The van der Waals surface area contributed by atoms with Crippen molar-refractivity contribution in [3.05, 3.63) is 36.0 Å². The van der Waals surface area contributed by atoms with Crippen molar-refractivity contribution in [2.45, 2.75) is 62.7 Å². The van der Waals surface area contributed by atoms with Gasteiger partial charge in [0.2, 0.25) is 17.7 Å². The molecule has 2 aromatic rings. The van der Waals surface area contributed by atoms with E-state index in [1.54, 1.807) is 0 Å². The Labute approximate surface area is 243 Å². The van der Waals surface area contributed by atoms with Crippen LogP contribution in [0.2, 0.25) is 0 Å². The van der Waals surface area contributed by atoms with Crippen LogP contribution in [0.3, 0.4) is 0 Å². The summed E-state index contributed by atoms with van der Waals surface area (Å²) in [7, 11) is 0. The summed E-state index contributed by atoms with van der Waals surface area (Å²) in [6, 6.07) is 3.98. The van der Waals surface area contributed by atoms with Crippen LogP contribution in [0.1, 0.15) is 37.7 Å². The molecule has 0 bridgehead atoms. The largest absolute Gasteiger partial charge is 0.480 e. The maximum atomic E-state index is 13.6. The van der Waals surface area contributed by atoms with Crippen LogP contribution in [0.4, 0.5) is 0 Å². The summed E-state index contributed by atoms with van der Waals surface area (Å²) >= 11 is 1.53. The summed E-state index contributed by atoms with van der Waals surface area (Å²) in [6.45, 7) is 0.557. The number of thioether (sulfide) groups is 1. The number of likely N-dealkylation sites (tertiary alicyclic amines) is 1. The van der Waals surface area contributed by atoms with E-state index in [2.05, 4.69) is 20.6 Å². The van der Waals surface area contributed by atoms with Crippen molar-refractivity contribution in [1.29, 1.82) is 0 Å². The fraction of sp³-hybridized carbons (Fsp3) is 0.519. The van der Waals surface area contributed by atoms with Gasteiger partial charge < -0.3 is 42.8 Å². The number of nitrogens with one attached hydrogen (secondary N) is 3. The molecule has 1 aromatic heterocycles. The van der Waals surface area contributed by atoms with Crippen molar-refractivity contribution in [3.8, 4) is 0 Å².